The number of aromatic nitrogens is 2. The molecule has 0 aliphatic heterocycles. The van der Waals surface area contributed by atoms with Crippen LogP contribution in [0, 0.1) is 11.3 Å². The Hall–Kier alpha value is -4.34. The van der Waals surface area contributed by atoms with Crippen molar-refractivity contribution >= 4 is 17.5 Å². The molecule has 0 aliphatic rings. The van der Waals surface area contributed by atoms with E-state index in [4.69, 9.17) is 10.00 Å². The minimum atomic E-state index is -4.91. The fourth-order valence-corrected chi connectivity index (χ4v) is 2.55. The highest BCUT2D eigenvalue weighted by molar-refractivity contribution is 5.99. The SMILES string of the molecule is N#Cc1cc(Oc2ccc(NC(=O)Nc3cc(C(F)(F)F)ccn3)c(C(F)(F)F)c2)ccn1. The molecule has 13 heteroatoms. The van der Waals surface area contributed by atoms with E-state index in [2.05, 4.69) is 9.97 Å². The number of urea groups is 1. The lowest BCUT2D eigenvalue weighted by molar-refractivity contribution is -0.138. The predicted molar refractivity (Wildman–Crippen MR) is 102 cm³/mol. The van der Waals surface area contributed by atoms with Crippen molar-refractivity contribution in [2.75, 3.05) is 10.6 Å². The van der Waals surface area contributed by atoms with Gasteiger partial charge in [-0.05, 0) is 36.4 Å². The summed E-state index contributed by atoms with van der Waals surface area (Å²) in [4.78, 5) is 19.3. The Kier molecular flexibility index (Phi) is 6.38. The zero-order valence-corrected chi connectivity index (χ0v) is 16.1. The molecule has 2 heterocycles. The molecule has 33 heavy (non-hydrogen) atoms. The molecule has 0 atom stereocenters. The third kappa shape index (κ3) is 6.10. The quantitative estimate of drug-likeness (QED) is 0.471. The molecule has 3 rings (SSSR count). The second-order valence-corrected chi connectivity index (χ2v) is 6.30. The van der Waals surface area contributed by atoms with Crippen LogP contribution in [-0.4, -0.2) is 16.0 Å². The van der Waals surface area contributed by atoms with Gasteiger partial charge in [0.15, 0.2) is 0 Å². The van der Waals surface area contributed by atoms with Gasteiger partial charge in [-0.25, -0.2) is 14.8 Å². The molecule has 0 radical (unpaired) electrons. The molecule has 3 aromatic rings. The smallest absolute Gasteiger partial charge is 0.418 e. The molecule has 0 bridgehead atoms. The van der Waals surface area contributed by atoms with E-state index in [-0.39, 0.29) is 17.2 Å². The number of carbonyl (C=O) groups is 1. The molecular formula is C20H11F6N5O2. The van der Waals surface area contributed by atoms with Crippen LogP contribution in [0.5, 0.6) is 11.5 Å². The van der Waals surface area contributed by atoms with Crippen LogP contribution < -0.4 is 15.4 Å². The Labute approximate surface area is 181 Å². The van der Waals surface area contributed by atoms with Crippen LogP contribution in [0.1, 0.15) is 16.8 Å². The maximum absolute atomic E-state index is 13.5. The van der Waals surface area contributed by atoms with Gasteiger partial charge >= 0.3 is 18.4 Å². The molecule has 7 nitrogen and oxygen atoms in total. The van der Waals surface area contributed by atoms with Gasteiger partial charge in [0, 0.05) is 18.5 Å². The average molecular weight is 467 g/mol. The van der Waals surface area contributed by atoms with Crippen LogP contribution in [0.3, 0.4) is 0 Å². The molecule has 0 aliphatic carbocycles. The number of nitrogens with one attached hydrogen (secondary N) is 2. The van der Waals surface area contributed by atoms with Crippen LogP contribution in [0.2, 0.25) is 0 Å². The molecule has 0 saturated carbocycles. The van der Waals surface area contributed by atoms with E-state index in [1.165, 1.54) is 18.3 Å². The van der Waals surface area contributed by atoms with Crippen LogP contribution >= 0.6 is 0 Å². The van der Waals surface area contributed by atoms with E-state index in [1.54, 1.807) is 6.07 Å². The van der Waals surface area contributed by atoms with Crippen molar-refractivity contribution in [3.05, 3.63) is 71.7 Å². The standard InChI is InChI=1S/C20H11F6N5O2/c21-19(22,23)11-3-5-29-17(7-11)31-18(32)30-16-2-1-13(9-15(16)20(24,25)26)33-14-4-6-28-12(8-14)10-27/h1-9H,(H2,29,30,31,32). The van der Waals surface area contributed by atoms with E-state index in [0.717, 1.165) is 18.3 Å². The average Bonchev–Trinajstić information content (AvgIpc) is 2.74. The minimum Gasteiger partial charge on any atom is -0.457 e. The van der Waals surface area contributed by atoms with Gasteiger partial charge in [-0.1, -0.05) is 0 Å². The van der Waals surface area contributed by atoms with Crippen LogP contribution in [-0.2, 0) is 12.4 Å². The number of halogens is 6. The fraction of sp³-hybridized carbons (Fsp3) is 0.100. The highest BCUT2D eigenvalue weighted by Crippen LogP contribution is 2.38. The summed E-state index contributed by atoms with van der Waals surface area (Å²) in [6.07, 6.45) is -7.58. The molecule has 0 saturated heterocycles. The van der Waals surface area contributed by atoms with Gasteiger partial charge in [0.1, 0.15) is 29.1 Å². The maximum Gasteiger partial charge on any atom is 0.418 e. The number of hydrogen-bond donors (Lipinski definition) is 2. The van der Waals surface area contributed by atoms with Crippen molar-refractivity contribution in [1.29, 1.82) is 5.26 Å². The number of ether oxygens (including phenoxy) is 1. The summed E-state index contributed by atoms with van der Waals surface area (Å²) in [7, 11) is 0. The van der Waals surface area contributed by atoms with Crippen LogP contribution in [0.4, 0.5) is 42.6 Å². The Balaban J connectivity index is 1.81. The predicted octanol–water partition coefficient (Wildman–Crippen LogP) is 5.82. The Morgan fingerprint density at radius 1 is 0.879 bits per heavy atom. The number of nitriles is 1. The van der Waals surface area contributed by atoms with Crippen molar-refractivity contribution in [2.24, 2.45) is 0 Å². The van der Waals surface area contributed by atoms with E-state index < -0.39 is 41.0 Å². The summed E-state index contributed by atoms with van der Waals surface area (Å²) < 4.78 is 84.2. The number of hydrogen-bond acceptors (Lipinski definition) is 5. The molecule has 2 aromatic heterocycles. The largest absolute Gasteiger partial charge is 0.457 e. The molecule has 0 unspecified atom stereocenters. The highest BCUT2D eigenvalue weighted by Gasteiger charge is 2.35. The lowest BCUT2D eigenvalue weighted by Crippen LogP contribution is -2.22. The topological polar surface area (TPSA) is 99.9 Å². The van der Waals surface area contributed by atoms with Crippen molar-refractivity contribution < 1.29 is 35.9 Å². The molecule has 0 spiro atoms. The van der Waals surface area contributed by atoms with Gasteiger partial charge < -0.3 is 10.1 Å². The lowest BCUT2D eigenvalue weighted by atomic mass is 10.1. The zero-order valence-electron chi connectivity index (χ0n) is 16.1. The van der Waals surface area contributed by atoms with E-state index >= 15 is 0 Å². The van der Waals surface area contributed by atoms with Crippen molar-refractivity contribution in [2.45, 2.75) is 12.4 Å². The van der Waals surface area contributed by atoms with Crippen LogP contribution in [0.25, 0.3) is 0 Å². The molecule has 170 valence electrons. The Morgan fingerprint density at radius 3 is 2.24 bits per heavy atom. The van der Waals surface area contributed by atoms with Gasteiger partial charge in [0.25, 0.3) is 0 Å². The highest BCUT2D eigenvalue weighted by atomic mass is 19.4. The number of rotatable bonds is 4. The summed E-state index contributed by atoms with van der Waals surface area (Å²) in [6.45, 7) is 0. The first-order chi connectivity index (χ1) is 15.5. The Bertz CT molecular complexity index is 1220. The Morgan fingerprint density at radius 2 is 1.58 bits per heavy atom. The fourth-order valence-electron chi connectivity index (χ4n) is 2.55. The van der Waals surface area contributed by atoms with Gasteiger partial charge in [-0.3, -0.25) is 5.32 Å². The number of nitrogens with zero attached hydrogens (tertiary/aromatic N) is 3. The lowest BCUT2D eigenvalue weighted by Gasteiger charge is -2.16. The van der Waals surface area contributed by atoms with Gasteiger partial charge in [-0.2, -0.15) is 31.6 Å². The second kappa shape index (κ2) is 9.03. The summed E-state index contributed by atoms with van der Waals surface area (Å²) in [5.74, 6) is -0.700. The summed E-state index contributed by atoms with van der Waals surface area (Å²) >= 11 is 0. The number of benzene rings is 1. The number of carbonyl (C=O) groups excluding carboxylic acids is 1. The normalized spacial score (nSPS) is 11.4. The van der Waals surface area contributed by atoms with Gasteiger partial charge in [0.2, 0.25) is 0 Å². The zero-order chi connectivity index (χ0) is 24.2. The second-order valence-electron chi connectivity index (χ2n) is 6.30. The first kappa shape index (κ1) is 23.3. The van der Waals surface area contributed by atoms with E-state index in [9.17, 15) is 31.1 Å². The molecule has 1 aromatic carbocycles. The van der Waals surface area contributed by atoms with E-state index in [1.807, 2.05) is 10.6 Å². The number of amides is 2. The van der Waals surface area contributed by atoms with Crippen molar-refractivity contribution in [1.82, 2.24) is 9.97 Å². The molecule has 2 amide bonds. The molecule has 0 fully saturated rings. The minimum absolute atomic E-state index is 0.0123. The number of pyridine rings is 2. The summed E-state index contributed by atoms with van der Waals surface area (Å²) in [6, 6.07) is 6.92. The monoisotopic (exact) mass is 467 g/mol. The third-order valence-corrected chi connectivity index (χ3v) is 3.96. The van der Waals surface area contributed by atoms with Gasteiger partial charge in [-0.15, -0.1) is 0 Å². The van der Waals surface area contributed by atoms with E-state index in [0.29, 0.717) is 18.2 Å². The molecule has 2 N–H and O–H groups in total. The first-order valence-electron chi connectivity index (χ1n) is 8.82. The third-order valence-electron chi connectivity index (χ3n) is 3.96. The number of anilines is 2. The van der Waals surface area contributed by atoms with Crippen molar-refractivity contribution in [3.8, 4) is 17.6 Å². The summed E-state index contributed by atoms with van der Waals surface area (Å²) in [5, 5.41) is 12.7. The maximum atomic E-state index is 13.5. The van der Waals surface area contributed by atoms with Crippen molar-refractivity contribution in [3.63, 3.8) is 0 Å². The van der Waals surface area contributed by atoms with Crippen LogP contribution in [0.15, 0.2) is 54.9 Å². The van der Waals surface area contributed by atoms with Gasteiger partial charge in [0.05, 0.1) is 16.8 Å². The molecular weight excluding hydrogens is 456 g/mol. The first-order valence-corrected chi connectivity index (χ1v) is 8.82. The number of alkyl halides is 6. The summed E-state index contributed by atoms with van der Waals surface area (Å²) in [5.41, 5.74) is -3.06.